The summed E-state index contributed by atoms with van der Waals surface area (Å²) >= 11 is 0. The summed E-state index contributed by atoms with van der Waals surface area (Å²) in [6.07, 6.45) is 15.9. The fourth-order valence-corrected chi connectivity index (χ4v) is 3.25. The van der Waals surface area contributed by atoms with Crippen LogP contribution in [0.1, 0.15) is 58.3 Å². The first-order valence-electron chi connectivity index (χ1n) is 6.64. The van der Waals surface area contributed by atoms with E-state index in [4.69, 9.17) is 0 Å². The van der Waals surface area contributed by atoms with E-state index in [0.717, 1.165) is 5.92 Å². The van der Waals surface area contributed by atoms with Gasteiger partial charge in [0.05, 0.1) is 0 Å². The van der Waals surface area contributed by atoms with E-state index in [2.05, 4.69) is 25.7 Å². The van der Waals surface area contributed by atoms with Gasteiger partial charge in [-0.3, -0.25) is 0 Å². The predicted molar refractivity (Wildman–Crippen MR) is 66.8 cm³/mol. The molecule has 0 aromatic heterocycles. The van der Waals surface area contributed by atoms with Gasteiger partial charge in [-0.25, -0.2) is 0 Å². The molecular weight excluding hydrogens is 180 g/mol. The zero-order chi connectivity index (χ0) is 10.7. The molecule has 1 saturated carbocycles. The van der Waals surface area contributed by atoms with Crippen LogP contribution < -0.4 is 0 Å². The van der Waals surface area contributed by atoms with Crippen molar-refractivity contribution < 1.29 is 0 Å². The molecule has 2 rings (SSSR count). The molecule has 0 amide bonds. The van der Waals surface area contributed by atoms with Crippen LogP contribution in [0.25, 0.3) is 0 Å². The number of hydrogen-bond donors (Lipinski definition) is 0. The first-order chi connectivity index (χ1) is 7.27. The monoisotopic (exact) mass is 204 g/mol. The minimum Gasteiger partial charge on any atom is -0.0990 e. The zero-order valence-electron chi connectivity index (χ0n) is 10.1. The maximum Gasteiger partial charge on any atom is 0.00940 e. The van der Waals surface area contributed by atoms with E-state index in [1.54, 1.807) is 0 Å². The topological polar surface area (TPSA) is 0 Å². The number of allylic oxidation sites excluding steroid dienone is 3. The molecule has 0 N–H and O–H groups in total. The Morgan fingerprint density at radius 3 is 2.73 bits per heavy atom. The fraction of sp³-hybridized carbons (Fsp3) is 0.733. The number of fused-ring (bicyclic) bond motifs is 2. The second-order valence-electron chi connectivity index (χ2n) is 5.45. The summed E-state index contributed by atoms with van der Waals surface area (Å²) in [5, 5.41) is 0. The Morgan fingerprint density at radius 1 is 1.33 bits per heavy atom. The van der Waals surface area contributed by atoms with Gasteiger partial charge in [0.1, 0.15) is 0 Å². The van der Waals surface area contributed by atoms with Crippen molar-refractivity contribution in [3.8, 4) is 0 Å². The lowest BCUT2D eigenvalue weighted by Crippen LogP contribution is -2.13. The Morgan fingerprint density at radius 2 is 2.13 bits per heavy atom. The molecule has 0 radical (unpaired) electrons. The highest BCUT2D eigenvalue weighted by atomic mass is 14.5. The van der Waals surface area contributed by atoms with Gasteiger partial charge in [0.15, 0.2) is 0 Å². The van der Waals surface area contributed by atoms with Crippen molar-refractivity contribution >= 4 is 0 Å². The molecule has 1 fully saturated rings. The van der Waals surface area contributed by atoms with Crippen molar-refractivity contribution in [3.05, 3.63) is 24.3 Å². The minimum atomic E-state index is 0.441. The van der Waals surface area contributed by atoms with E-state index in [-0.39, 0.29) is 0 Å². The average molecular weight is 204 g/mol. The molecule has 0 aromatic rings. The summed E-state index contributed by atoms with van der Waals surface area (Å²) in [6.45, 7) is 6.55. The smallest absolute Gasteiger partial charge is 0.00940 e. The van der Waals surface area contributed by atoms with Crippen LogP contribution in [0.5, 0.6) is 0 Å². The van der Waals surface area contributed by atoms with Gasteiger partial charge in [0.25, 0.3) is 0 Å². The zero-order valence-corrected chi connectivity index (χ0v) is 10.1. The second kappa shape index (κ2) is 4.55. The molecule has 0 aromatic carbocycles. The van der Waals surface area contributed by atoms with Crippen molar-refractivity contribution in [2.45, 2.75) is 58.3 Å². The lowest BCUT2D eigenvalue weighted by molar-refractivity contribution is 0.411. The van der Waals surface area contributed by atoms with Gasteiger partial charge in [-0.05, 0) is 25.2 Å². The normalized spacial score (nSPS) is 32.9. The van der Waals surface area contributed by atoms with E-state index < -0.39 is 0 Å². The van der Waals surface area contributed by atoms with Crippen LogP contribution in [0.4, 0.5) is 0 Å². The number of unbranched alkanes of at least 4 members (excludes halogenated alkanes) is 4. The molecule has 0 heterocycles. The molecule has 2 atom stereocenters. The molecular formula is C15H24. The SMILES string of the molecule is C=C1CC2C=CC1(CCCCCCC)C2. The van der Waals surface area contributed by atoms with Crippen molar-refractivity contribution in [2.24, 2.45) is 11.3 Å². The molecule has 2 aliphatic rings. The van der Waals surface area contributed by atoms with Gasteiger partial charge in [-0.15, -0.1) is 0 Å². The third-order valence-corrected chi connectivity index (χ3v) is 4.25. The molecule has 0 saturated heterocycles. The molecule has 15 heavy (non-hydrogen) atoms. The van der Waals surface area contributed by atoms with Crippen LogP contribution in [0.15, 0.2) is 24.3 Å². The Kier molecular flexibility index (Phi) is 3.33. The minimum absolute atomic E-state index is 0.441. The molecule has 0 spiro atoms. The summed E-state index contributed by atoms with van der Waals surface area (Å²) in [4.78, 5) is 0. The van der Waals surface area contributed by atoms with Gasteiger partial charge in [-0.2, -0.15) is 0 Å². The largest absolute Gasteiger partial charge is 0.0990 e. The van der Waals surface area contributed by atoms with Crippen LogP contribution in [0, 0.1) is 11.3 Å². The molecule has 0 heteroatoms. The van der Waals surface area contributed by atoms with Crippen LogP contribution >= 0.6 is 0 Å². The summed E-state index contributed by atoms with van der Waals surface area (Å²) in [7, 11) is 0. The highest BCUT2D eigenvalue weighted by molar-refractivity contribution is 5.32. The quantitative estimate of drug-likeness (QED) is 0.428. The molecule has 0 aliphatic heterocycles. The predicted octanol–water partition coefficient (Wildman–Crippen LogP) is 4.87. The lowest BCUT2D eigenvalue weighted by Gasteiger charge is -2.25. The highest BCUT2D eigenvalue weighted by Gasteiger charge is 2.42. The van der Waals surface area contributed by atoms with Crippen molar-refractivity contribution in [1.29, 1.82) is 0 Å². The Balaban J connectivity index is 1.74. The molecule has 0 nitrogen and oxygen atoms in total. The molecule has 2 unspecified atom stereocenters. The van der Waals surface area contributed by atoms with Gasteiger partial charge < -0.3 is 0 Å². The highest BCUT2D eigenvalue weighted by Crippen LogP contribution is 2.54. The van der Waals surface area contributed by atoms with Gasteiger partial charge in [-0.1, -0.05) is 63.3 Å². The summed E-state index contributed by atoms with van der Waals surface area (Å²) in [5.74, 6) is 0.841. The summed E-state index contributed by atoms with van der Waals surface area (Å²) < 4.78 is 0. The Hall–Kier alpha value is -0.520. The Bertz CT molecular complexity index is 261. The first kappa shape index (κ1) is 11.0. The van der Waals surface area contributed by atoms with E-state index in [0.29, 0.717) is 5.41 Å². The first-order valence-corrected chi connectivity index (χ1v) is 6.64. The molecule has 84 valence electrons. The van der Waals surface area contributed by atoms with E-state index in [9.17, 15) is 0 Å². The lowest BCUT2D eigenvalue weighted by atomic mass is 9.79. The van der Waals surface area contributed by atoms with Gasteiger partial charge >= 0.3 is 0 Å². The average Bonchev–Trinajstić information content (AvgIpc) is 2.75. The van der Waals surface area contributed by atoms with Crippen molar-refractivity contribution in [2.75, 3.05) is 0 Å². The van der Waals surface area contributed by atoms with Gasteiger partial charge in [0, 0.05) is 5.41 Å². The van der Waals surface area contributed by atoms with Crippen LogP contribution in [0.3, 0.4) is 0 Å². The number of rotatable bonds is 6. The summed E-state index contributed by atoms with van der Waals surface area (Å²) in [5.41, 5.74) is 1.96. The van der Waals surface area contributed by atoms with Gasteiger partial charge in [0.2, 0.25) is 0 Å². The van der Waals surface area contributed by atoms with Crippen LogP contribution in [-0.2, 0) is 0 Å². The van der Waals surface area contributed by atoms with E-state index in [1.807, 2.05) is 0 Å². The maximum atomic E-state index is 4.27. The maximum absolute atomic E-state index is 4.27. The third-order valence-electron chi connectivity index (χ3n) is 4.25. The van der Waals surface area contributed by atoms with Crippen LogP contribution in [-0.4, -0.2) is 0 Å². The molecule has 2 aliphatic carbocycles. The number of hydrogen-bond acceptors (Lipinski definition) is 0. The van der Waals surface area contributed by atoms with E-state index >= 15 is 0 Å². The van der Waals surface area contributed by atoms with Crippen LogP contribution in [0.2, 0.25) is 0 Å². The molecule has 2 bridgehead atoms. The summed E-state index contributed by atoms with van der Waals surface area (Å²) in [6, 6.07) is 0. The Labute approximate surface area is 94.5 Å². The van der Waals surface area contributed by atoms with Crippen molar-refractivity contribution in [3.63, 3.8) is 0 Å². The van der Waals surface area contributed by atoms with E-state index in [1.165, 1.54) is 56.9 Å². The van der Waals surface area contributed by atoms with Crippen molar-refractivity contribution in [1.82, 2.24) is 0 Å². The fourth-order valence-electron chi connectivity index (χ4n) is 3.25. The third kappa shape index (κ3) is 2.19. The standard InChI is InChI=1S/C15H24/c1-3-4-5-6-7-9-15-10-8-14(12-15)11-13(15)2/h8,10,14H,2-7,9,11-12H2,1H3. The second-order valence-corrected chi connectivity index (χ2v) is 5.45.